The van der Waals surface area contributed by atoms with E-state index in [-0.39, 0.29) is 11.8 Å². The van der Waals surface area contributed by atoms with Crippen LogP contribution in [-0.2, 0) is 16.1 Å². The maximum Gasteiger partial charge on any atom is 0.307 e. The Morgan fingerprint density at radius 1 is 1.42 bits per heavy atom. The molecule has 0 aromatic carbocycles. The summed E-state index contributed by atoms with van der Waals surface area (Å²) in [5.74, 6) is -1.49. The number of carboxylic acids is 1. The van der Waals surface area contributed by atoms with E-state index in [1.807, 2.05) is 16.8 Å². The molecule has 1 fully saturated rings. The maximum absolute atomic E-state index is 12.1. The van der Waals surface area contributed by atoms with E-state index in [1.165, 1.54) is 0 Å². The highest BCUT2D eigenvalue weighted by atomic mass is 32.1. The van der Waals surface area contributed by atoms with Crippen molar-refractivity contribution in [3.63, 3.8) is 0 Å². The highest BCUT2D eigenvalue weighted by molar-refractivity contribution is 7.07. The van der Waals surface area contributed by atoms with Crippen LogP contribution in [0.5, 0.6) is 0 Å². The van der Waals surface area contributed by atoms with Gasteiger partial charge in [0.15, 0.2) is 0 Å². The summed E-state index contributed by atoms with van der Waals surface area (Å²) in [5, 5.41) is 16.0. The Labute approximate surface area is 116 Å². The minimum atomic E-state index is -0.841. The van der Waals surface area contributed by atoms with Crippen LogP contribution in [0.3, 0.4) is 0 Å². The Morgan fingerprint density at radius 3 is 2.74 bits per heavy atom. The van der Waals surface area contributed by atoms with Crippen LogP contribution in [0.25, 0.3) is 0 Å². The molecule has 104 valence electrons. The largest absolute Gasteiger partial charge is 0.481 e. The minimum Gasteiger partial charge on any atom is -0.481 e. The van der Waals surface area contributed by atoms with E-state index in [4.69, 9.17) is 0 Å². The van der Waals surface area contributed by atoms with Gasteiger partial charge in [-0.05, 0) is 41.1 Å². The van der Waals surface area contributed by atoms with Crippen LogP contribution in [-0.4, -0.2) is 17.0 Å². The van der Waals surface area contributed by atoms with Crippen LogP contribution in [0.4, 0.5) is 0 Å². The van der Waals surface area contributed by atoms with Crippen molar-refractivity contribution >= 4 is 23.2 Å². The molecule has 1 aliphatic rings. The first kappa shape index (κ1) is 14.1. The van der Waals surface area contributed by atoms with Gasteiger partial charge in [-0.25, -0.2) is 0 Å². The Kier molecular flexibility index (Phi) is 4.58. The molecule has 1 aromatic rings. The Balaban J connectivity index is 1.94. The van der Waals surface area contributed by atoms with Crippen LogP contribution < -0.4 is 5.32 Å². The number of aliphatic carboxylic acids is 1. The summed E-state index contributed by atoms with van der Waals surface area (Å²) in [5.41, 5.74) is 1.07. The molecule has 0 bridgehead atoms. The molecule has 1 aliphatic carbocycles. The third-order valence-electron chi connectivity index (χ3n) is 3.94. The molecule has 1 aromatic heterocycles. The summed E-state index contributed by atoms with van der Waals surface area (Å²) < 4.78 is 0. The highest BCUT2D eigenvalue weighted by Gasteiger charge is 2.41. The summed E-state index contributed by atoms with van der Waals surface area (Å²) in [6.45, 7) is 2.54. The Hall–Kier alpha value is -1.36. The number of rotatable bonds is 5. The van der Waals surface area contributed by atoms with Crippen molar-refractivity contribution in [3.05, 3.63) is 22.4 Å². The van der Waals surface area contributed by atoms with Crippen LogP contribution >= 0.6 is 11.3 Å². The average molecular weight is 281 g/mol. The molecule has 19 heavy (non-hydrogen) atoms. The molecule has 1 amide bonds. The van der Waals surface area contributed by atoms with Gasteiger partial charge in [0.25, 0.3) is 0 Å². The molecule has 2 rings (SSSR count). The molecule has 1 saturated carbocycles. The highest BCUT2D eigenvalue weighted by Crippen LogP contribution is 2.38. The van der Waals surface area contributed by atoms with E-state index in [0.717, 1.165) is 12.0 Å². The van der Waals surface area contributed by atoms with Gasteiger partial charge in [-0.1, -0.05) is 13.3 Å². The van der Waals surface area contributed by atoms with E-state index in [9.17, 15) is 14.7 Å². The second kappa shape index (κ2) is 6.19. The van der Waals surface area contributed by atoms with Gasteiger partial charge < -0.3 is 10.4 Å². The number of nitrogens with one attached hydrogen (secondary N) is 1. The zero-order chi connectivity index (χ0) is 13.8. The van der Waals surface area contributed by atoms with Crippen molar-refractivity contribution < 1.29 is 14.7 Å². The van der Waals surface area contributed by atoms with Gasteiger partial charge in [0.05, 0.1) is 11.8 Å². The van der Waals surface area contributed by atoms with Gasteiger partial charge >= 0.3 is 5.97 Å². The van der Waals surface area contributed by atoms with E-state index in [2.05, 4.69) is 12.2 Å². The summed E-state index contributed by atoms with van der Waals surface area (Å²) in [7, 11) is 0. The van der Waals surface area contributed by atoms with Gasteiger partial charge in [0.1, 0.15) is 0 Å². The number of thiophene rings is 1. The van der Waals surface area contributed by atoms with E-state index in [1.54, 1.807) is 11.3 Å². The number of carboxylic acid groups (broad SMARTS) is 1. The molecule has 4 nitrogen and oxygen atoms in total. The minimum absolute atomic E-state index is 0.116. The zero-order valence-electron chi connectivity index (χ0n) is 11.0. The smallest absolute Gasteiger partial charge is 0.307 e. The molecular weight excluding hydrogens is 262 g/mol. The normalized spacial score (nSPS) is 26.3. The Morgan fingerprint density at radius 2 is 2.16 bits per heavy atom. The molecule has 0 radical (unpaired) electrons. The average Bonchev–Trinajstić information content (AvgIpc) is 3.04. The zero-order valence-corrected chi connectivity index (χ0v) is 11.8. The predicted molar refractivity (Wildman–Crippen MR) is 73.8 cm³/mol. The van der Waals surface area contributed by atoms with Crippen molar-refractivity contribution in [1.29, 1.82) is 0 Å². The SMILES string of the molecule is CCC1C[C@H](C(=O)NCc2ccsc2)[C@H](C(=O)O)C1. The molecule has 5 heteroatoms. The van der Waals surface area contributed by atoms with Gasteiger partial charge in [-0.2, -0.15) is 11.3 Å². The lowest BCUT2D eigenvalue weighted by Crippen LogP contribution is -2.34. The number of amides is 1. The van der Waals surface area contributed by atoms with Crippen LogP contribution in [0.1, 0.15) is 31.7 Å². The van der Waals surface area contributed by atoms with Gasteiger partial charge in [-0.3, -0.25) is 9.59 Å². The fourth-order valence-corrected chi connectivity index (χ4v) is 3.42. The summed E-state index contributed by atoms with van der Waals surface area (Å²) in [6.07, 6.45) is 2.27. The molecule has 0 spiro atoms. The standard InChI is InChI=1S/C14H19NO3S/c1-2-9-5-11(12(6-9)14(17)18)13(16)15-7-10-3-4-19-8-10/h3-4,8-9,11-12H,2,5-7H2,1H3,(H,15,16)(H,17,18)/t9?,11-,12+/m0/s1. The molecule has 1 heterocycles. The summed E-state index contributed by atoms with van der Waals surface area (Å²) in [4.78, 5) is 23.4. The lowest BCUT2D eigenvalue weighted by atomic mass is 9.95. The fourth-order valence-electron chi connectivity index (χ4n) is 2.75. The lowest BCUT2D eigenvalue weighted by Gasteiger charge is -2.15. The van der Waals surface area contributed by atoms with Crippen molar-refractivity contribution in [2.24, 2.45) is 17.8 Å². The van der Waals surface area contributed by atoms with E-state index < -0.39 is 11.9 Å². The van der Waals surface area contributed by atoms with Crippen molar-refractivity contribution in [1.82, 2.24) is 5.32 Å². The molecule has 3 atom stereocenters. The molecule has 0 aliphatic heterocycles. The van der Waals surface area contributed by atoms with Crippen LogP contribution in [0.2, 0.25) is 0 Å². The second-order valence-corrected chi connectivity index (χ2v) is 5.93. The third-order valence-corrected chi connectivity index (χ3v) is 4.67. The first-order chi connectivity index (χ1) is 9.11. The van der Waals surface area contributed by atoms with Gasteiger partial charge in [-0.15, -0.1) is 0 Å². The van der Waals surface area contributed by atoms with Crippen molar-refractivity contribution in [2.45, 2.75) is 32.7 Å². The van der Waals surface area contributed by atoms with Gasteiger partial charge in [0.2, 0.25) is 5.91 Å². The molecule has 2 N–H and O–H groups in total. The molecule has 1 unspecified atom stereocenters. The van der Waals surface area contributed by atoms with Crippen LogP contribution in [0, 0.1) is 17.8 Å². The van der Waals surface area contributed by atoms with Gasteiger partial charge in [0, 0.05) is 6.54 Å². The quantitative estimate of drug-likeness (QED) is 0.871. The molecule has 0 saturated heterocycles. The van der Waals surface area contributed by atoms with Crippen molar-refractivity contribution in [3.8, 4) is 0 Å². The molecular formula is C14H19NO3S. The number of carbonyl (C=O) groups is 2. The van der Waals surface area contributed by atoms with E-state index >= 15 is 0 Å². The summed E-state index contributed by atoms with van der Waals surface area (Å²) >= 11 is 1.59. The summed E-state index contributed by atoms with van der Waals surface area (Å²) in [6, 6.07) is 1.96. The van der Waals surface area contributed by atoms with Crippen LogP contribution in [0.15, 0.2) is 16.8 Å². The van der Waals surface area contributed by atoms with E-state index in [0.29, 0.717) is 25.3 Å². The monoisotopic (exact) mass is 281 g/mol. The van der Waals surface area contributed by atoms with Crippen molar-refractivity contribution in [2.75, 3.05) is 0 Å². The predicted octanol–water partition coefficient (Wildman–Crippen LogP) is 2.50. The maximum atomic E-state index is 12.1. The topological polar surface area (TPSA) is 66.4 Å². The third kappa shape index (κ3) is 3.35. The lowest BCUT2D eigenvalue weighted by molar-refractivity contribution is -0.146. The first-order valence-electron chi connectivity index (χ1n) is 6.63. The fraction of sp³-hybridized carbons (Fsp3) is 0.571. The number of hydrogen-bond acceptors (Lipinski definition) is 3. The number of carbonyl (C=O) groups excluding carboxylic acids is 1. The Bertz CT molecular complexity index is 444. The number of hydrogen-bond donors (Lipinski definition) is 2. The second-order valence-electron chi connectivity index (χ2n) is 5.15. The first-order valence-corrected chi connectivity index (χ1v) is 7.57.